The second-order valence-electron chi connectivity index (χ2n) is 4.27. The molecule has 1 amide bonds. The molecule has 0 saturated carbocycles. The lowest BCUT2D eigenvalue weighted by Crippen LogP contribution is -2.25. The first-order valence-electron chi connectivity index (χ1n) is 6.73. The zero-order valence-corrected chi connectivity index (χ0v) is 11.2. The fourth-order valence-electron chi connectivity index (χ4n) is 1.40. The lowest BCUT2D eigenvalue weighted by Gasteiger charge is -2.05. The van der Waals surface area contributed by atoms with Crippen LogP contribution >= 0.6 is 0 Å². The van der Waals surface area contributed by atoms with Crippen LogP contribution in [-0.2, 0) is 14.3 Å². The lowest BCUT2D eigenvalue weighted by molar-refractivity contribution is -0.137. The Morgan fingerprint density at radius 3 is 2.39 bits per heavy atom. The number of carboxylic acid groups (broad SMARTS) is 1. The van der Waals surface area contributed by atoms with E-state index < -0.39 is 5.97 Å². The van der Waals surface area contributed by atoms with Crippen LogP contribution in [0.25, 0.3) is 0 Å². The summed E-state index contributed by atoms with van der Waals surface area (Å²) in [6.07, 6.45) is 4.77. The van der Waals surface area contributed by atoms with Crippen LogP contribution in [0.5, 0.6) is 0 Å². The van der Waals surface area contributed by atoms with E-state index >= 15 is 0 Å². The van der Waals surface area contributed by atoms with E-state index in [2.05, 4.69) is 12.2 Å². The molecule has 0 unspecified atom stereocenters. The lowest BCUT2D eigenvalue weighted by atomic mass is 10.2. The average molecular weight is 259 g/mol. The van der Waals surface area contributed by atoms with Crippen molar-refractivity contribution in [1.82, 2.24) is 5.32 Å². The minimum atomic E-state index is -0.806. The molecule has 106 valence electrons. The Hall–Kier alpha value is -1.10. The molecule has 5 nitrogen and oxygen atoms in total. The Morgan fingerprint density at radius 2 is 1.72 bits per heavy atom. The smallest absolute Gasteiger partial charge is 0.303 e. The van der Waals surface area contributed by atoms with Crippen molar-refractivity contribution in [1.29, 1.82) is 0 Å². The summed E-state index contributed by atoms with van der Waals surface area (Å²) in [4.78, 5) is 21.6. The maximum absolute atomic E-state index is 11.3. The van der Waals surface area contributed by atoms with Gasteiger partial charge in [-0.3, -0.25) is 9.59 Å². The van der Waals surface area contributed by atoms with E-state index in [0.717, 1.165) is 25.9 Å². The first-order valence-corrected chi connectivity index (χ1v) is 6.73. The predicted molar refractivity (Wildman–Crippen MR) is 69.5 cm³/mol. The van der Waals surface area contributed by atoms with Gasteiger partial charge in [0, 0.05) is 32.6 Å². The second-order valence-corrected chi connectivity index (χ2v) is 4.27. The van der Waals surface area contributed by atoms with Crippen LogP contribution in [0, 0.1) is 0 Å². The number of hydrogen-bond acceptors (Lipinski definition) is 3. The monoisotopic (exact) mass is 259 g/mol. The summed E-state index contributed by atoms with van der Waals surface area (Å²) in [6.45, 7) is 4.22. The highest BCUT2D eigenvalue weighted by Crippen LogP contribution is 1.99. The number of carboxylic acids is 1. The summed E-state index contributed by atoms with van der Waals surface area (Å²) in [6, 6.07) is 0. The number of hydrogen-bond donors (Lipinski definition) is 2. The molecule has 18 heavy (non-hydrogen) atoms. The third-order valence-electron chi connectivity index (χ3n) is 2.47. The first-order chi connectivity index (χ1) is 8.66. The van der Waals surface area contributed by atoms with E-state index in [-0.39, 0.29) is 12.3 Å². The van der Waals surface area contributed by atoms with Gasteiger partial charge < -0.3 is 15.2 Å². The quantitative estimate of drug-likeness (QED) is 0.525. The summed E-state index contributed by atoms with van der Waals surface area (Å²) in [5.41, 5.74) is 0. The maximum atomic E-state index is 11.3. The highest BCUT2D eigenvalue weighted by Gasteiger charge is 2.02. The van der Waals surface area contributed by atoms with Gasteiger partial charge in [-0.25, -0.2) is 0 Å². The molecule has 0 aliphatic rings. The molecule has 5 heteroatoms. The van der Waals surface area contributed by atoms with Crippen molar-refractivity contribution in [2.24, 2.45) is 0 Å². The highest BCUT2D eigenvalue weighted by atomic mass is 16.5. The topological polar surface area (TPSA) is 75.6 Å². The van der Waals surface area contributed by atoms with E-state index in [0.29, 0.717) is 32.4 Å². The van der Waals surface area contributed by atoms with Gasteiger partial charge in [0.05, 0.1) is 0 Å². The molecular weight excluding hydrogens is 234 g/mol. The maximum Gasteiger partial charge on any atom is 0.303 e. The number of carbonyl (C=O) groups excluding carboxylic acids is 1. The summed E-state index contributed by atoms with van der Waals surface area (Å²) >= 11 is 0. The van der Waals surface area contributed by atoms with E-state index in [1.54, 1.807) is 0 Å². The number of ether oxygens (including phenoxy) is 1. The van der Waals surface area contributed by atoms with Gasteiger partial charge in [0.15, 0.2) is 0 Å². The normalized spacial score (nSPS) is 10.3. The number of nitrogens with one attached hydrogen (secondary N) is 1. The Bertz CT molecular complexity index is 231. The van der Waals surface area contributed by atoms with Gasteiger partial charge in [-0.2, -0.15) is 0 Å². The third kappa shape index (κ3) is 13.0. The van der Waals surface area contributed by atoms with Crippen LogP contribution in [0.15, 0.2) is 0 Å². The molecule has 0 aliphatic heterocycles. The van der Waals surface area contributed by atoms with Crippen molar-refractivity contribution >= 4 is 11.9 Å². The van der Waals surface area contributed by atoms with E-state index in [1.807, 2.05) is 0 Å². The molecule has 0 aromatic rings. The van der Waals surface area contributed by atoms with E-state index in [9.17, 15) is 9.59 Å². The summed E-state index contributed by atoms with van der Waals surface area (Å²) in [5, 5.41) is 11.2. The van der Waals surface area contributed by atoms with Crippen molar-refractivity contribution in [3.05, 3.63) is 0 Å². The average Bonchev–Trinajstić information content (AvgIpc) is 2.33. The van der Waals surface area contributed by atoms with Crippen LogP contribution in [0.1, 0.15) is 51.9 Å². The Balaban J connectivity index is 3.19. The molecule has 0 spiro atoms. The molecule has 0 rings (SSSR count). The van der Waals surface area contributed by atoms with Gasteiger partial charge in [0.2, 0.25) is 5.91 Å². The van der Waals surface area contributed by atoms with Gasteiger partial charge in [-0.05, 0) is 25.7 Å². The summed E-state index contributed by atoms with van der Waals surface area (Å²) in [7, 11) is 0. The molecule has 0 bridgehead atoms. The molecule has 0 heterocycles. The Kier molecular flexibility index (Phi) is 11.6. The Morgan fingerprint density at radius 1 is 1.06 bits per heavy atom. The van der Waals surface area contributed by atoms with Crippen LogP contribution in [0.2, 0.25) is 0 Å². The van der Waals surface area contributed by atoms with Crippen LogP contribution in [0.3, 0.4) is 0 Å². The largest absolute Gasteiger partial charge is 0.481 e. The van der Waals surface area contributed by atoms with Gasteiger partial charge in [-0.1, -0.05) is 13.3 Å². The Labute approximate surface area is 109 Å². The van der Waals surface area contributed by atoms with E-state index in [1.165, 1.54) is 0 Å². The minimum absolute atomic E-state index is 0.00560. The number of rotatable bonds is 12. The number of aliphatic carboxylic acids is 1. The molecular formula is C13H25NO4. The molecule has 0 radical (unpaired) electrons. The van der Waals surface area contributed by atoms with Crippen molar-refractivity contribution in [2.45, 2.75) is 51.9 Å². The van der Waals surface area contributed by atoms with E-state index in [4.69, 9.17) is 9.84 Å². The van der Waals surface area contributed by atoms with Gasteiger partial charge in [-0.15, -0.1) is 0 Å². The molecule has 0 atom stereocenters. The van der Waals surface area contributed by atoms with Crippen LogP contribution < -0.4 is 5.32 Å². The molecule has 0 aromatic carbocycles. The fourth-order valence-corrected chi connectivity index (χ4v) is 1.40. The van der Waals surface area contributed by atoms with Crippen LogP contribution in [-0.4, -0.2) is 36.7 Å². The van der Waals surface area contributed by atoms with Crippen molar-refractivity contribution in [3.8, 4) is 0 Å². The number of carbonyl (C=O) groups is 2. The number of unbranched alkanes of at least 4 members (excludes halogenated alkanes) is 2. The van der Waals surface area contributed by atoms with Gasteiger partial charge >= 0.3 is 5.97 Å². The number of amides is 1. The van der Waals surface area contributed by atoms with Crippen LogP contribution in [0.4, 0.5) is 0 Å². The molecule has 0 saturated heterocycles. The first kappa shape index (κ1) is 16.9. The van der Waals surface area contributed by atoms with Crippen molar-refractivity contribution in [3.63, 3.8) is 0 Å². The second kappa shape index (κ2) is 12.4. The molecule has 0 aromatic heterocycles. The zero-order chi connectivity index (χ0) is 13.6. The highest BCUT2D eigenvalue weighted by molar-refractivity contribution is 5.75. The SMILES string of the molecule is CCCCOCCCNC(=O)CCCCC(=O)O. The van der Waals surface area contributed by atoms with Crippen molar-refractivity contribution < 1.29 is 19.4 Å². The minimum Gasteiger partial charge on any atom is -0.481 e. The predicted octanol–water partition coefficient (Wildman–Crippen LogP) is 1.95. The molecule has 2 N–H and O–H groups in total. The standard InChI is InChI=1S/C13H25NO4/c1-2-3-10-18-11-6-9-14-12(15)7-4-5-8-13(16)17/h2-11H2,1H3,(H,14,15)(H,16,17). The van der Waals surface area contributed by atoms with Crippen molar-refractivity contribution in [2.75, 3.05) is 19.8 Å². The molecule has 0 fully saturated rings. The van der Waals surface area contributed by atoms with Gasteiger partial charge in [0.1, 0.15) is 0 Å². The zero-order valence-electron chi connectivity index (χ0n) is 11.2. The van der Waals surface area contributed by atoms with Gasteiger partial charge in [0.25, 0.3) is 0 Å². The summed E-state index contributed by atoms with van der Waals surface area (Å²) < 4.78 is 5.36. The molecule has 0 aliphatic carbocycles. The third-order valence-corrected chi connectivity index (χ3v) is 2.47. The fraction of sp³-hybridized carbons (Fsp3) is 0.846. The summed E-state index contributed by atoms with van der Waals surface area (Å²) in [5.74, 6) is -0.811.